The Morgan fingerprint density at radius 1 is 1.09 bits per heavy atom. The van der Waals surface area contributed by atoms with Crippen LogP contribution in [0.25, 0.3) is 5.76 Å². The van der Waals surface area contributed by atoms with Crippen LogP contribution in [0, 0.1) is 5.92 Å². The number of rotatable bonds is 8. The van der Waals surface area contributed by atoms with E-state index in [9.17, 15) is 14.7 Å². The molecule has 1 atom stereocenters. The van der Waals surface area contributed by atoms with Crippen molar-refractivity contribution in [3.8, 4) is 5.75 Å². The summed E-state index contributed by atoms with van der Waals surface area (Å²) in [7, 11) is 3.80. The summed E-state index contributed by atoms with van der Waals surface area (Å²) >= 11 is 6.04. The van der Waals surface area contributed by atoms with Crippen LogP contribution in [0.3, 0.4) is 0 Å². The first-order chi connectivity index (χ1) is 15.2. The van der Waals surface area contributed by atoms with Crippen LogP contribution in [-0.2, 0) is 9.59 Å². The Kier molecular flexibility index (Phi) is 7.59. The van der Waals surface area contributed by atoms with Crippen molar-refractivity contribution < 1.29 is 19.4 Å². The quantitative estimate of drug-likeness (QED) is 0.363. The molecule has 1 heterocycles. The highest BCUT2D eigenvalue weighted by Crippen LogP contribution is 2.39. The molecule has 0 bridgehead atoms. The van der Waals surface area contributed by atoms with Crippen LogP contribution in [0.4, 0.5) is 0 Å². The third kappa shape index (κ3) is 5.31. The van der Waals surface area contributed by atoms with Crippen LogP contribution >= 0.6 is 11.6 Å². The normalized spacial score (nSPS) is 18.1. The van der Waals surface area contributed by atoms with Gasteiger partial charge in [-0.25, -0.2) is 0 Å². The van der Waals surface area contributed by atoms with E-state index in [1.807, 2.05) is 19.0 Å². The van der Waals surface area contributed by atoms with Crippen molar-refractivity contribution in [1.82, 2.24) is 9.80 Å². The summed E-state index contributed by atoms with van der Waals surface area (Å²) in [6, 6.07) is 13.2. The molecule has 1 N–H and O–H groups in total. The molecular weight excluding hydrogens is 428 g/mol. The zero-order valence-electron chi connectivity index (χ0n) is 18.8. The molecule has 0 aromatic heterocycles. The summed E-state index contributed by atoms with van der Waals surface area (Å²) in [5.74, 6) is -0.450. The van der Waals surface area contributed by atoms with Gasteiger partial charge in [0.05, 0.1) is 18.2 Å². The second kappa shape index (κ2) is 10.2. The van der Waals surface area contributed by atoms with Gasteiger partial charge in [-0.15, -0.1) is 0 Å². The van der Waals surface area contributed by atoms with Crippen LogP contribution in [-0.4, -0.2) is 60.4 Å². The lowest BCUT2D eigenvalue weighted by Gasteiger charge is -2.26. The molecule has 1 fully saturated rings. The fourth-order valence-electron chi connectivity index (χ4n) is 3.54. The van der Waals surface area contributed by atoms with Gasteiger partial charge in [-0.3, -0.25) is 9.59 Å². The summed E-state index contributed by atoms with van der Waals surface area (Å²) in [5, 5.41) is 11.7. The lowest BCUT2D eigenvalue weighted by atomic mass is 9.95. The van der Waals surface area contributed by atoms with E-state index in [1.165, 1.54) is 4.90 Å². The van der Waals surface area contributed by atoms with Crippen molar-refractivity contribution in [2.24, 2.45) is 5.92 Å². The predicted molar refractivity (Wildman–Crippen MR) is 126 cm³/mol. The minimum absolute atomic E-state index is 0.0759. The molecule has 1 aliphatic rings. The van der Waals surface area contributed by atoms with E-state index in [1.54, 1.807) is 48.5 Å². The molecule has 0 unspecified atom stereocenters. The minimum atomic E-state index is -0.693. The standard InChI is InChI=1S/C25H29ClN2O4/c1-16(2)15-32-20-11-7-18(8-12-20)23(29)21-22(17-5-9-19(26)10-6-17)28(14-13-27(3)4)25(31)24(21)30/h5-12,16,22,29H,13-15H2,1-4H3/b23-21+/t22-/m0/s1. The number of likely N-dealkylation sites (N-methyl/N-ethyl adjacent to an activating group) is 1. The molecule has 2 aromatic rings. The number of carbonyl (C=O) groups is 2. The van der Waals surface area contributed by atoms with E-state index in [0.29, 0.717) is 47.5 Å². The minimum Gasteiger partial charge on any atom is -0.507 e. The van der Waals surface area contributed by atoms with E-state index < -0.39 is 17.7 Å². The van der Waals surface area contributed by atoms with E-state index >= 15 is 0 Å². The first-order valence-corrected chi connectivity index (χ1v) is 11.0. The number of ether oxygens (including phenoxy) is 1. The van der Waals surface area contributed by atoms with Gasteiger partial charge in [-0.2, -0.15) is 0 Å². The maximum atomic E-state index is 13.0. The van der Waals surface area contributed by atoms with Crippen molar-refractivity contribution in [3.05, 3.63) is 70.3 Å². The molecule has 1 saturated heterocycles. The number of aliphatic hydroxyl groups excluding tert-OH is 1. The number of ketones is 1. The molecular formula is C25H29ClN2O4. The molecule has 0 spiro atoms. The van der Waals surface area contributed by atoms with Gasteiger partial charge in [0, 0.05) is 23.7 Å². The summed E-state index contributed by atoms with van der Waals surface area (Å²) in [5.41, 5.74) is 1.24. The van der Waals surface area contributed by atoms with Gasteiger partial charge in [0.1, 0.15) is 11.5 Å². The zero-order valence-corrected chi connectivity index (χ0v) is 19.6. The van der Waals surface area contributed by atoms with Gasteiger partial charge >= 0.3 is 0 Å². The van der Waals surface area contributed by atoms with Crippen LogP contribution < -0.4 is 4.74 Å². The lowest BCUT2D eigenvalue weighted by Crippen LogP contribution is -2.35. The maximum Gasteiger partial charge on any atom is 0.295 e. The molecule has 7 heteroatoms. The maximum absolute atomic E-state index is 13.0. The van der Waals surface area contributed by atoms with Crippen molar-refractivity contribution in [2.75, 3.05) is 33.8 Å². The Bertz CT molecular complexity index is 998. The number of Topliss-reactive ketones (excluding diaryl/α,β-unsaturated/α-hetero) is 1. The Morgan fingerprint density at radius 3 is 2.28 bits per heavy atom. The molecule has 3 rings (SSSR count). The number of likely N-dealkylation sites (tertiary alicyclic amines) is 1. The summed E-state index contributed by atoms with van der Waals surface area (Å²) in [4.78, 5) is 29.3. The van der Waals surface area contributed by atoms with Crippen molar-refractivity contribution in [3.63, 3.8) is 0 Å². The van der Waals surface area contributed by atoms with E-state index in [0.717, 1.165) is 0 Å². The number of amides is 1. The highest BCUT2D eigenvalue weighted by molar-refractivity contribution is 6.46. The van der Waals surface area contributed by atoms with Crippen molar-refractivity contribution in [2.45, 2.75) is 19.9 Å². The Labute approximate surface area is 194 Å². The number of carbonyl (C=O) groups excluding carboxylic acids is 2. The second-order valence-electron chi connectivity index (χ2n) is 8.58. The lowest BCUT2D eigenvalue weighted by molar-refractivity contribution is -0.140. The topological polar surface area (TPSA) is 70.1 Å². The molecule has 0 saturated carbocycles. The number of hydrogen-bond donors (Lipinski definition) is 1. The van der Waals surface area contributed by atoms with Gasteiger partial charge in [-0.1, -0.05) is 37.6 Å². The first-order valence-electron chi connectivity index (χ1n) is 10.6. The fraction of sp³-hybridized carbons (Fsp3) is 0.360. The monoisotopic (exact) mass is 456 g/mol. The van der Waals surface area contributed by atoms with Crippen LogP contribution in [0.15, 0.2) is 54.1 Å². The van der Waals surface area contributed by atoms with E-state index in [2.05, 4.69) is 13.8 Å². The highest BCUT2D eigenvalue weighted by atomic mass is 35.5. The summed E-state index contributed by atoms with van der Waals surface area (Å²) in [6.45, 7) is 5.64. The molecule has 0 aliphatic carbocycles. The van der Waals surface area contributed by atoms with E-state index in [-0.39, 0.29) is 11.3 Å². The molecule has 170 valence electrons. The summed E-state index contributed by atoms with van der Waals surface area (Å²) in [6.07, 6.45) is 0. The fourth-order valence-corrected chi connectivity index (χ4v) is 3.66. The van der Waals surface area contributed by atoms with Gasteiger partial charge in [0.2, 0.25) is 0 Å². The Balaban J connectivity index is 2.02. The van der Waals surface area contributed by atoms with Gasteiger partial charge in [0.15, 0.2) is 0 Å². The van der Waals surface area contributed by atoms with Crippen molar-refractivity contribution >= 4 is 29.1 Å². The Morgan fingerprint density at radius 2 is 1.72 bits per heavy atom. The summed E-state index contributed by atoms with van der Waals surface area (Å²) < 4.78 is 5.69. The third-order valence-electron chi connectivity index (χ3n) is 5.22. The smallest absolute Gasteiger partial charge is 0.295 e. The molecule has 1 aliphatic heterocycles. The average Bonchev–Trinajstić information content (AvgIpc) is 3.01. The van der Waals surface area contributed by atoms with E-state index in [4.69, 9.17) is 16.3 Å². The number of aliphatic hydroxyl groups is 1. The first kappa shape index (κ1) is 23.8. The Hall–Kier alpha value is -2.83. The van der Waals surface area contributed by atoms with Crippen LogP contribution in [0.5, 0.6) is 5.75 Å². The van der Waals surface area contributed by atoms with Gasteiger partial charge < -0.3 is 19.6 Å². The van der Waals surface area contributed by atoms with Gasteiger partial charge in [-0.05, 0) is 62.0 Å². The molecule has 32 heavy (non-hydrogen) atoms. The van der Waals surface area contributed by atoms with Crippen LogP contribution in [0.1, 0.15) is 31.0 Å². The van der Waals surface area contributed by atoms with Crippen molar-refractivity contribution in [1.29, 1.82) is 0 Å². The average molecular weight is 457 g/mol. The predicted octanol–water partition coefficient (Wildman–Crippen LogP) is 4.36. The molecule has 6 nitrogen and oxygen atoms in total. The number of halogens is 1. The molecule has 0 radical (unpaired) electrons. The number of nitrogens with zero attached hydrogens (tertiary/aromatic N) is 2. The number of benzene rings is 2. The zero-order chi connectivity index (χ0) is 23.4. The third-order valence-corrected chi connectivity index (χ3v) is 5.48. The van der Waals surface area contributed by atoms with Crippen LogP contribution in [0.2, 0.25) is 5.02 Å². The molecule has 1 amide bonds. The van der Waals surface area contributed by atoms with Gasteiger partial charge in [0.25, 0.3) is 11.7 Å². The highest BCUT2D eigenvalue weighted by Gasteiger charge is 2.45. The SMILES string of the molecule is CC(C)COc1ccc(/C(O)=C2\C(=O)C(=O)N(CCN(C)C)[C@H]2c2ccc(Cl)cc2)cc1. The second-order valence-corrected chi connectivity index (χ2v) is 9.01. The largest absolute Gasteiger partial charge is 0.507 e. The molecule has 2 aromatic carbocycles. The number of hydrogen-bond acceptors (Lipinski definition) is 5.